The average Bonchev–Trinajstić information content (AvgIpc) is 2.81. The summed E-state index contributed by atoms with van der Waals surface area (Å²) in [4.78, 5) is 8.72. The van der Waals surface area contributed by atoms with E-state index in [9.17, 15) is 5.11 Å². The third kappa shape index (κ3) is 1.67. The van der Waals surface area contributed by atoms with Gasteiger partial charge in [-0.15, -0.1) is 0 Å². The van der Waals surface area contributed by atoms with Crippen LogP contribution in [0.2, 0.25) is 0 Å². The van der Waals surface area contributed by atoms with Gasteiger partial charge in [0.25, 0.3) is 0 Å². The van der Waals surface area contributed by atoms with Crippen LogP contribution in [-0.2, 0) is 13.7 Å². The van der Waals surface area contributed by atoms with Gasteiger partial charge in [-0.05, 0) is 29.8 Å². The summed E-state index contributed by atoms with van der Waals surface area (Å²) >= 11 is 0. The molecule has 1 N–H and O–H groups in total. The van der Waals surface area contributed by atoms with Crippen molar-refractivity contribution in [1.29, 1.82) is 0 Å². The number of fused-ring (bicyclic) bond motifs is 1. The van der Waals surface area contributed by atoms with Crippen molar-refractivity contribution in [3.8, 4) is 11.3 Å². The Morgan fingerprint density at radius 3 is 2.83 bits per heavy atom. The van der Waals surface area contributed by atoms with E-state index in [1.165, 1.54) is 0 Å². The molecule has 0 aliphatic rings. The zero-order valence-corrected chi connectivity index (χ0v) is 10.0. The highest BCUT2D eigenvalue weighted by atomic mass is 16.3. The second-order valence-corrected chi connectivity index (χ2v) is 4.23. The van der Waals surface area contributed by atoms with Gasteiger partial charge in [-0.25, -0.2) is 4.98 Å². The molecular formula is C14H13N3O. The molecule has 4 nitrogen and oxygen atoms in total. The largest absolute Gasteiger partial charge is 0.392 e. The Labute approximate surface area is 105 Å². The molecule has 0 radical (unpaired) electrons. The molecule has 0 bridgehead atoms. The van der Waals surface area contributed by atoms with Crippen molar-refractivity contribution in [2.24, 2.45) is 7.05 Å². The molecular weight excluding hydrogens is 226 g/mol. The summed E-state index contributed by atoms with van der Waals surface area (Å²) in [6.07, 6.45) is 5.48. The number of aromatic nitrogens is 3. The number of rotatable bonds is 2. The molecule has 0 aromatic carbocycles. The summed E-state index contributed by atoms with van der Waals surface area (Å²) in [6, 6.07) is 7.70. The predicted molar refractivity (Wildman–Crippen MR) is 69.9 cm³/mol. The van der Waals surface area contributed by atoms with Gasteiger partial charge >= 0.3 is 0 Å². The quantitative estimate of drug-likeness (QED) is 0.745. The molecule has 0 aliphatic heterocycles. The van der Waals surface area contributed by atoms with E-state index >= 15 is 0 Å². The minimum atomic E-state index is 0.0263. The lowest BCUT2D eigenvalue weighted by molar-refractivity contribution is 0.282. The zero-order chi connectivity index (χ0) is 12.5. The third-order valence-corrected chi connectivity index (χ3v) is 3.05. The monoisotopic (exact) mass is 239 g/mol. The van der Waals surface area contributed by atoms with Crippen LogP contribution in [0.15, 0.2) is 42.9 Å². The van der Waals surface area contributed by atoms with Crippen LogP contribution in [0.1, 0.15) is 5.56 Å². The van der Waals surface area contributed by atoms with E-state index in [0.29, 0.717) is 0 Å². The van der Waals surface area contributed by atoms with Crippen LogP contribution in [0.25, 0.3) is 22.3 Å². The Kier molecular flexibility index (Phi) is 2.57. The number of aryl methyl sites for hydroxylation is 1. The van der Waals surface area contributed by atoms with Crippen molar-refractivity contribution in [2.45, 2.75) is 6.61 Å². The fourth-order valence-electron chi connectivity index (χ4n) is 2.11. The molecule has 0 aliphatic carbocycles. The van der Waals surface area contributed by atoms with E-state index in [0.717, 1.165) is 27.9 Å². The molecule has 0 atom stereocenters. The number of pyridine rings is 2. The standard InChI is InChI=1S/C14H13N3O/c1-17-7-4-12-11(3-6-16-14(12)17)13-8-10(9-18)2-5-15-13/h2-8,18H,9H2,1H3. The topological polar surface area (TPSA) is 50.9 Å². The van der Waals surface area contributed by atoms with Gasteiger partial charge in [0.1, 0.15) is 5.65 Å². The van der Waals surface area contributed by atoms with E-state index in [2.05, 4.69) is 9.97 Å². The third-order valence-electron chi connectivity index (χ3n) is 3.05. The molecule has 0 amide bonds. The molecule has 0 unspecified atom stereocenters. The number of hydrogen-bond acceptors (Lipinski definition) is 3. The Balaban J connectivity index is 2.24. The van der Waals surface area contributed by atoms with Gasteiger partial charge in [-0.2, -0.15) is 0 Å². The Hall–Kier alpha value is -2.20. The Morgan fingerprint density at radius 2 is 2.00 bits per heavy atom. The second kappa shape index (κ2) is 4.23. The second-order valence-electron chi connectivity index (χ2n) is 4.23. The first kappa shape index (κ1) is 10.9. The lowest BCUT2D eigenvalue weighted by Gasteiger charge is -2.04. The molecule has 3 rings (SSSR count). The van der Waals surface area contributed by atoms with Crippen LogP contribution < -0.4 is 0 Å². The molecule has 90 valence electrons. The molecule has 4 heteroatoms. The molecule has 0 spiro atoms. The van der Waals surface area contributed by atoms with E-state index in [-0.39, 0.29) is 6.61 Å². The first-order valence-corrected chi connectivity index (χ1v) is 5.76. The molecule has 3 heterocycles. The van der Waals surface area contributed by atoms with E-state index in [4.69, 9.17) is 0 Å². The molecule has 0 fully saturated rings. The van der Waals surface area contributed by atoms with Crippen molar-refractivity contribution in [2.75, 3.05) is 0 Å². The summed E-state index contributed by atoms with van der Waals surface area (Å²) in [5.74, 6) is 0. The molecule has 3 aromatic heterocycles. The van der Waals surface area contributed by atoms with Gasteiger partial charge in [0, 0.05) is 36.6 Å². The summed E-state index contributed by atoms with van der Waals surface area (Å²) < 4.78 is 1.98. The van der Waals surface area contributed by atoms with Crippen molar-refractivity contribution >= 4 is 11.0 Å². The first-order valence-electron chi connectivity index (χ1n) is 5.76. The van der Waals surface area contributed by atoms with Gasteiger partial charge in [-0.1, -0.05) is 0 Å². The maximum Gasteiger partial charge on any atom is 0.140 e. The molecule has 0 saturated heterocycles. The number of aliphatic hydroxyl groups is 1. The van der Waals surface area contributed by atoms with Crippen LogP contribution in [0, 0.1) is 0 Å². The molecule has 0 saturated carbocycles. The lowest BCUT2D eigenvalue weighted by Crippen LogP contribution is -1.91. The average molecular weight is 239 g/mol. The molecule has 18 heavy (non-hydrogen) atoms. The van der Waals surface area contributed by atoms with Crippen LogP contribution in [0.5, 0.6) is 0 Å². The van der Waals surface area contributed by atoms with E-state index < -0.39 is 0 Å². The van der Waals surface area contributed by atoms with Crippen molar-refractivity contribution < 1.29 is 5.11 Å². The highest BCUT2D eigenvalue weighted by Gasteiger charge is 2.08. The fourth-order valence-corrected chi connectivity index (χ4v) is 2.11. The van der Waals surface area contributed by atoms with Gasteiger partial charge in [0.15, 0.2) is 0 Å². The normalized spacial score (nSPS) is 11.0. The lowest BCUT2D eigenvalue weighted by atomic mass is 10.1. The first-order chi connectivity index (χ1) is 8.79. The van der Waals surface area contributed by atoms with Crippen LogP contribution >= 0.6 is 0 Å². The van der Waals surface area contributed by atoms with Crippen LogP contribution in [0.4, 0.5) is 0 Å². The highest BCUT2D eigenvalue weighted by Crippen LogP contribution is 2.26. The van der Waals surface area contributed by atoms with Crippen molar-refractivity contribution in [1.82, 2.24) is 14.5 Å². The Bertz CT molecular complexity index is 703. The smallest absolute Gasteiger partial charge is 0.140 e. The fraction of sp³-hybridized carbons (Fsp3) is 0.143. The summed E-state index contributed by atoms with van der Waals surface area (Å²) in [7, 11) is 1.97. The van der Waals surface area contributed by atoms with Gasteiger partial charge < -0.3 is 9.67 Å². The van der Waals surface area contributed by atoms with Gasteiger partial charge in [0.2, 0.25) is 0 Å². The summed E-state index contributed by atoms with van der Waals surface area (Å²) in [6.45, 7) is 0.0263. The van der Waals surface area contributed by atoms with Crippen molar-refractivity contribution in [3.05, 3.63) is 48.4 Å². The maximum atomic E-state index is 9.18. The van der Waals surface area contributed by atoms with Gasteiger partial charge in [0.05, 0.1) is 12.3 Å². The maximum absolute atomic E-state index is 9.18. The van der Waals surface area contributed by atoms with Crippen LogP contribution in [0.3, 0.4) is 0 Å². The summed E-state index contributed by atoms with van der Waals surface area (Å²) in [5.41, 5.74) is 3.70. The minimum absolute atomic E-state index is 0.0263. The van der Waals surface area contributed by atoms with Gasteiger partial charge in [-0.3, -0.25) is 4.98 Å². The Morgan fingerprint density at radius 1 is 1.17 bits per heavy atom. The molecule has 3 aromatic rings. The SMILES string of the molecule is Cn1ccc2c(-c3cc(CO)ccn3)ccnc21. The predicted octanol–water partition coefficient (Wildman–Crippen LogP) is 2.13. The highest BCUT2D eigenvalue weighted by molar-refractivity contribution is 5.92. The van der Waals surface area contributed by atoms with Crippen LogP contribution in [-0.4, -0.2) is 19.6 Å². The van der Waals surface area contributed by atoms with E-state index in [1.54, 1.807) is 12.4 Å². The number of aliphatic hydroxyl groups excluding tert-OH is 1. The summed E-state index contributed by atoms with van der Waals surface area (Å²) in [5, 5.41) is 10.3. The van der Waals surface area contributed by atoms with Crippen molar-refractivity contribution in [3.63, 3.8) is 0 Å². The number of nitrogens with zero attached hydrogens (tertiary/aromatic N) is 3. The van der Waals surface area contributed by atoms with E-state index in [1.807, 2.05) is 42.1 Å². The number of hydrogen-bond donors (Lipinski definition) is 1. The minimum Gasteiger partial charge on any atom is -0.392 e. The zero-order valence-electron chi connectivity index (χ0n) is 10.0.